The van der Waals surface area contributed by atoms with Gasteiger partial charge in [0.25, 0.3) is 5.91 Å². The molecule has 0 aliphatic carbocycles. The van der Waals surface area contributed by atoms with Gasteiger partial charge in [0.15, 0.2) is 0 Å². The third kappa shape index (κ3) is 4.03. The molecule has 0 spiro atoms. The van der Waals surface area contributed by atoms with Gasteiger partial charge in [-0.1, -0.05) is 49.0 Å². The molecule has 1 N–H and O–H groups in total. The maximum Gasteiger partial charge on any atom is 0.259 e. The van der Waals surface area contributed by atoms with E-state index in [1.807, 2.05) is 59.5 Å². The number of carbonyl (C=O) groups excluding carboxylic acids is 2. The minimum Gasteiger partial charge on any atom is -0.379 e. The highest BCUT2D eigenvalue weighted by Crippen LogP contribution is 2.41. The Balaban J connectivity index is 1.29. The molecule has 6 rings (SSSR count). The summed E-state index contributed by atoms with van der Waals surface area (Å²) in [7, 11) is 0. The number of morpholine rings is 1. The number of benzene rings is 3. The molecule has 0 radical (unpaired) electrons. The zero-order chi connectivity index (χ0) is 25.7. The quantitative estimate of drug-likeness (QED) is 0.613. The van der Waals surface area contributed by atoms with Crippen molar-refractivity contribution in [3.05, 3.63) is 89.1 Å². The molecule has 3 aromatic carbocycles. The van der Waals surface area contributed by atoms with E-state index >= 15 is 0 Å². The highest BCUT2D eigenvalue weighted by atomic mass is 16.5. The molecule has 178 valence electrons. The molecule has 0 bridgehead atoms. The van der Waals surface area contributed by atoms with Crippen LogP contribution < -0.4 is 10.2 Å². The average molecular weight is 470 g/mol. The van der Waals surface area contributed by atoms with Gasteiger partial charge in [-0.15, -0.1) is 0 Å². The van der Waals surface area contributed by atoms with Crippen LogP contribution >= 0.6 is 0 Å². The first-order valence-electron chi connectivity index (χ1n) is 13.1. The van der Waals surface area contributed by atoms with E-state index in [0.29, 0.717) is 62.4 Å². The van der Waals surface area contributed by atoms with Crippen molar-refractivity contribution in [2.45, 2.75) is 31.8 Å². The Bertz CT molecular complexity index is 1410. The van der Waals surface area contributed by atoms with Crippen LogP contribution in [0.25, 0.3) is 10.8 Å². The lowest BCUT2D eigenvalue weighted by molar-refractivity contribution is -0.122. The summed E-state index contributed by atoms with van der Waals surface area (Å²) >= 11 is 0. The van der Waals surface area contributed by atoms with Crippen LogP contribution in [0, 0.1) is 0 Å². The summed E-state index contributed by atoms with van der Waals surface area (Å²) in [6, 6.07) is 16.9. The van der Waals surface area contributed by atoms with Gasteiger partial charge in [0.05, 0.1) is 18.9 Å². The standard InChI is InChI=1S/C29H29N3O3/c1-19-5-11-26(28(33)30-19)32-25-12-10-22(23-3-2-4-24(27(23)25)29(32)34)17-20-6-8-21(9-7-20)18-31-13-15-35-16-14-31/h2-4,6-10,12,26H,1,5,11,13-18H2,(H,30,33)/i18D2. The fourth-order valence-electron chi connectivity index (χ4n) is 5.31. The zero-order valence-electron chi connectivity index (χ0n) is 21.5. The van der Waals surface area contributed by atoms with Crippen LogP contribution in [0.2, 0.25) is 0 Å². The Labute approximate surface area is 208 Å². The summed E-state index contributed by atoms with van der Waals surface area (Å²) in [6.45, 7) is 4.54. The Morgan fingerprint density at radius 1 is 1.03 bits per heavy atom. The van der Waals surface area contributed by atoms with Crippen molar-refractivity contribution < 1.29 is 17.1 Å². The highest BCUT2D eigenvalue weighted by Gasteiger charge is 2.39. The number of carbonyl (C=O) groups is 2. The van der Waals surface area contributed by atoms with Gasteiger partial charge in [0.1, 0.15) is 6.04 Å². The van der Waals surface area contributed by atoms with Crippen molar-refractivity contribution in [2.24, 2.45) is 0 Å². The lowest BCUT2D eigenvalue weighted by Gasteiger charge is -2.31. The maximum atomic E-state index is 13.4. The fourth-order valence-corrected chi connectivity index (χ4v) is 5.31. The van der Waals surface area contributed by atoms with Crippen molar-refractivity contribution in [1.82, 2.24) is 10.2 Å². The summed E-state index contributed by atoms with van der Waals surface area (Å²) in [6.07, 6.45) is 1.86. The van der Waals surface area contributed by atoms with E-state index < -0.39 is 12.5 Å². The molecule has 2 saturated heterocycles. The summed E-state index contributed by atoms with van der Waals surface area (Å²) < 4.78 is 22.6. The topological polar surface area (TPSA) is 61.9 Å². The smallest absolute Gasteiger partial charge is 0.259 e. The normalized spacial score (nSPS) is 21.8. The van der Waals surface area contributed by atoms with E-state index in [2.05, 4.69) is 11.9 Å². The molecule has 6 heteroatoms. The lowest BCUT2D eigenvalue weighted by Crippen LogP contribution is -2.51. The molecule has 6 nitrogen and oxygen atoms in total. The van der Waals surface area contributed by atoms with E-state index in [1.165, 1.54) is 0 Å². The SMILES string of the molecule is [2H]C([2H])(c1ccc(Cc2ccc3c4c(cccc24)C(=O)N3C2CCC(=C)NC2=O)cc1)N1CCOCC1. The molecule has 0 saturated carbocycles. The van der Waals surface area contributed by atoms with Gasteiger partial charge in [-0.05, 0) is 53.5 Å². The van der Waals surface area contributed by atoms with Crippen molar-refractivity contribution in [3.8, 4) is 0 Å². The van der Waals surface area contributed by atoms with Crippen molar-refractivity contribution >= 4 is 28.3 Å². The molecule has 2 fully saturated rings. The number of piperidine rings is 1. The van der Waals surface area contributed by atoms with Gasteiger partial charge in [-0.25, -0.2) is 0 Å². The Morgan fingerprint density at radius 3 is 2.57 bits per heavy atom. The molecular formula is C29H29N3O3. The van der Waals surface area contributed by atoms with Crippen molar-refractivity contribution in [3.63, 3.8) is 0 Å². The summed E-state index contributed by atoms with van der Waals surface area (Å²) in [5, 5.41) is 4.69. The molecule has 3 aliphatic rings. The van der Waals surface area contributed by atoms with Crippen molar-refractivity contribution in [2.75, 3.05) is 31.2 Å². The predicted molar refractivity (Wildman–Crippen MR) is 136 cm³/mol. The molecule has 2 amide bonds. The summed E-state index contributed by atoms with van der Waals surface area (Å²) in [5.74, 6) is -0.327. The van der Waals surface area contributed by atoms with Crippen LogP contribution in [-0.2, 0) is 22.4 Å². The number of ether oxygens (including phenoxy) is 1. The first-order chi connectivity index (χ1) is 17.8. The van der Waals surface area contributed by atoms with E-state index in [-0.39, 0.29) is 11.8 Å². The molecule has 0 aromatic heterocycles. The number of hydrogen-bond donors (Lipinski definition) is 1. The van der Waals surface area contributed by atoms with Crippen LogP contribution in [-0.4, -0.2) is 49.1 Å². The number of nitrogens with one attached hydrogen (secondary N) is 1. The Hall–Kier alpha value is -3.48. The van der Waals surface area contributed by atoms with Crippen LogP contribution in [0.3, 0.4) is 0 Å². The van der Waals surface area contributed by atoms with E-state index in [4.69, 9.17) is 7.48 Å². The van der Waals surface area contributed by atoms with Gasteiger partial charge in [0, 0.05) is 39.0 Å². The third-order valence-electron chi connectivity index (χ3n) is 7.10. The maximum absolute atomic E-state index is 13.4. The number of nitrogens with zero attached hydrogens (tertiary/aromatic N) is 2. The first-order valence-corrected chi connectivity index (χ1v) is 12.1. The molecule has 3 heterocycles. The molecule has 1 unspecified atom stereocenters. The molecule has 1 atom stereocenters. The summed E-state index contributed by atoms with van der Waals surface area (Å²) in [5.41, 5.74) is 4.87. The molecule has 3 aromatic rings. The van der Waals surface area contributed by atoms with E-state index in [1.54, 1.807) is 4.90 Å². The number of rotatable bonds is 5. The molecular weight excluding hydrogens is 438 g/mol. The van der Waals surface area contributed by atoms with Crippen molar-refractivity contribution in [1.29, 1.82) is 0 Å². The zero-order valence-corrected chi connectivity index (χ0v) is 19.5. The second-order valence-electron chi connectivity index (χ2n) is 9.38. The lowest BCUT2D eigenvalue weighted by atomic mass is 9.95. The van der Waals surface area contributed by atoms with Gasteiger partial charge < -0.3 is 10.1 Å². The van der Waals surface area contributed by atoms with Crippen LogP contribution in [0.4, 0.5) is 5.69 Å². The molecule has 35 heavy (non-hydrogen) atoms. The number of allylic oxidation sites excluding steroid dienone is 1. The van der Waals surface area contributed by atoms with E-state index in [0.717, 1.165) is 27.6 Å². The second kappa shape index (κ2) is 8.95. The largest absolute Gasteiger partial charge is 0.379 e. The number of hydrogen-bond acceptors (Lipinski definition) is 4. The monoisotopic (exact) mass is 469 g/mol. The fraction of sp³-hybridized carbons (Fsp3) is 0.310. The predicted octanol–water partition coefficient (Wildman–Crippen LogP) is 4.02. The summed E-state index contributed by atoms with van der Waals surface area (Å²) in [4.78, 5) is 29.6. The van der Waals surface area contributed by atoms with Crippen LogP contribution in [0.15, 0.2) is 66.9 Å². The molecule has 3 aliphatic heterocycles. The number of anilines is 1. The number of amides is 2. The average Bonchev–Trinajstić information content (AvgIpc) is 3.19. The Kier molecular flexibility index (Phi) is 5.06. The van der Waals surface area contributed by atoms with Gasteiger partial charge in [-0.2, -0.15) is 0 Å². The third-order valence-corrected chi connectivity index (χ3v) is 7.10. The van der Waals surface area contributed by atoms with Crippen LogP contribution in [0.5, 0.6) is 0 Å². The van der Waals surface area contributed by atoms with E-state index in [9.17, 15) is 9.59 Å². The minimum atomic E-state index is -1.55. The van der Waals surface area contributed by atoms with Gasteiger partial charge in [0.2, 0.25) is 5.91 Å². The first kappa shape index (κ1) is 19.8. The highest BCUT2D eigenvalue weighted by molar-refractivity contribution is 6.27. The van der Waals surface area contributed by atoms with Gasteiger partial charge >= 0.3 is 0 Å². The van der Waals surface area contributed by atoms with Crippen LogP contribution in [0.1, 0.15) is 42.6 Å². The minimum absolute atomic E-state index is 0.139. The Morgan fingerprint density at radius 2 is 1.80 bits per heavy atom. The second-order valence-corrected chi connectivity index (χ2v) is 9.38. The van der Waals surface area contributed by atoms with Gasteiger partial charge in [-0.3, -0.25) is 19.4 Å².